The summed E-state index contributed by atoms with van der Waals surface area (Å²) in [6.07, 6.45) is 5.94. The second-order valence-corrected chi connectivity index (χ2v) is 7.13. The van der Waals surface area contributed by atoms with Gasteiger partial charge in [0.15, 0.2) is 0 Å². The second-order valence-electron chi connectivity index (χ2n) is 7.13. The summed E-state index contributed by atoms with van der Waals surface area (Å²) in [5.41, 5.74) is 3.55. The third-order valence-electron chi connectivity index (χ3n) is 5.32. The van der Waals surface area contributed by atoms with Gasteiger partial charge in [-0.05, 0) is 45.1 Å². The number of rotatable bonds is 3. The number of imidazole rings is 1. The van der Waals surface area contributed by atoms with Gasteiger partial charge in [0.05, 0.1) is 11.3 Å². The van der Waals surface area contributed by atoms with Crippen LogP contribution in [0.1, 0.15) is 23.2 Å². The summed E-state index contributed by atoms with van der Waals surface area (Å²) < 4.78 is 1.94. The number of benzene rings is 1. The molecule has 0 bridgehead atoms. The number of hydrogen-bond acceptors (Lipinski definition) is 3. The number of carbonyl (C=O) groups excluding carboxylic acids is 1. The molecule has 0 aliphatic carbocycles. The van der Waals surface area contributed by atoms with Gasteiger partial charge in [0.2, 0.25) is 0 Å². The highest BCUT2D eigenvalue weighted by Gasteiger charge is 2.25. The number of fused-ring (bicyclic) bond motifs is 1. The number of carbonyl (C=O) groups is 1. The van der Waals surface area contributed by atoms with Crippen LogP contribution >= 0.6 is 0 Å². The monoisotopic (exact) mass is 348 g/mol. The average Bonchev–Trinajstić information content (AvgIpc) is 3.11. The van der Waals surface area contributed by atoms with Crippen molar-refractivity contribution in [3.05, 3.63) is 60.4 Å². The fraction of sp³-hybridized carbons (Fsp3) is 0.333. The van der Waals surface area contributed by atoms with Gasteiger partial charge in [-0.1, -0.05) is 30.3 Å². The molecular weight excluding hydrogens is 324 g/mol. The molecular formula is C21H24N4O. The maximum absolute atomic E-state index is 12.9. The summed E-state index contributed by atoms with van der Waals surface area (Å²) in [4.78, 5) is 21.8. The van der Waals surface area contributed by atoms with E-state index in [0.29, 0.717) is 11.6 Å². The lowest BCUT2D eigenvalue weighted by Crippen LogP contribution is -2.44. The smallest absolute Gasteiger partial charge is 0.255 e. The molecule has 0 saturated carbocycles. The number of aromatic nitrogens is 2. The minimum atomic E-state index is 0.0800. The van der Waals surface area contributed by atoms with Crippen LogP contribution in [-0.4, -0.2) is 58.3 Å². The molecule has 0 atom stereocenters. The van der Waals surface area contributed by atoms with E-state index in [2.05, 4.69) is 16.9 Å². The second kappa shape index (κ2) is 6.92. The van der Waals surface area contributed by atoms with Gasteiger partial charge < -0.3 is 14.2 Å². The number of piperidine rings is 1. The lowest BCUT2D eigenvalue weighted by atomic mass is 10.0. The van der Waals surface area contributed by atoms with E-state index in [0.717, 1.165) is 42.8 Å². The molecule has 0 radical (unpaired) electrons. The lowest BCUT2D eigenvalue weighted by molar-refractivity contribution is 0.0659. The van der Waals surface area contributed by atoms with Crippen molar-refractivity contribution in [1.29, 1.82) is 0 Å². The summed E-state index contributed by atoms with van der Waals surface area (Å²) >= 11 is 0. The Bertz CT molecular complexity index is 910. The maximum Gasteiger partial charge on any atom is 0.255 e. The topological polar surface area (TPSA) is 40.8 Å². The van der Waals surface area contributed by atoms with Crippen LogP contribution in [0, 0.1) is 0 Å². The first-order valence-corrected chi connectivity index (χ1v) is 9.12. The zero-order chi connectivity index (χ0) is 18.1. The summed E-state index contributed by atoms with van der Waals surface area (Å²) in [6.45, 7) is 2.09. The number of nitrogens with zero attached hydrogens (tertiary/aromatic N) is 4. The third-order valence-corrected chi connectivity index (χ3v) is 5.32. The normalized spacial score (nSPS) is 16.1. The van der Waals surface area contributed by atoms with Crippen molar-refractivity contribution >= 4 is 11.6 Å². The molecule has 5 heteroatoms. The molecule has 1 aromatic carbocycles. The highest BCUT2D eigenvalue weighted by atomic mass is 16.2. The minimum Gasteiger partial charge on any atom is -0.339 e. The molecule has 1 amide bonds. The predicted octanol–water partition coefficient (Wildman–Crippen LogP) is 3.17. The quantitative estimate of drug-likeness (QED) is 0.730. The minimum absolute atomic E-state index is 0.0800. The standard InChI is InChI=1S/C21H24N4O/c1-23-12-10-18(11-13-23)24(2)21(26)17-8-9-20-22-19(15-25(20)14-17)16-6-4-3-5-7-16/h3-9,14-15,18H,10-13H2,1-2H3. The molecule has 2 aromatic heterocycles. The summed E-state index contributed by atoms with van der Waals surface area (Å²) in [6, 6.07) is 14.2. The van der Waals surface area contributed by atoms with Crippen LogP contribution in [-0.2, 0) is 0 Å². The number of likely N-dealkylation sites (tertiary alicyclic amines) is 1. The van der Waals surface area contributed by atoms with Crippen LogP contribution in [0.5, 0.6) is 0 Å². The Kier molecular flexibility index (Phi) is 4.47. The lowest BCUT2D eigenvalue weighted by Gasteiger charge is -2.35. The van der Waals surface area contributed by atoms with Crippen LogP contribution < -0.4 is 0 Å². The first-order valence-electron chi connectivity index (χ1n) is 9.12. The molecule has 5 nitrogen and oxygen atoms in total. The number of pyridine rings is 1. The van der Waals surface area contributed by atoms with Crippen LogP contribution in [0.3, 0.4) is 0 Å². The van der Waals surface area contributed by atoms with Crippen LogP contribution in [0.2, 0.25) is 0 Å². The Morgan fingerprint density at radius 1 is 1.08 bits per heavy atom. The van der Waals surface area contributed by atoms with E-state index >= 15 is 0 Å². The SMILES string of the molecule is CN1CCC(N(C)C(=O)c2ccc3nc(-c4ccccc4)cn3c2)CC1. The van der Waals surface area contributed by atoms with E-state index in [1.54, 1.807) is 0 Å². The maximum atomic E-state index is 12.9. The van der Waals surface area contributed by atoms with Gasteiger partial charge in [-0.15, -0.1) is 0 Å². The molecule has 4 rings (SSSR count). The van der Waals surface area contributed by atoms with Gasteiger partial charge in [0.25, 0.3) is 5.91 Å². The van der Waals surface area contributed by atoms with Crippen molar-refractivity contribution in [2.75, 3.05) is 27.2 Å². The van der Waals surface area contributed by atoms with Crippen LogP contribution in [0.4, 0.5) is 0 Å². The summed E-state index contributed by atoms with van der Waals surface area (Å²) in [5.74, 6) is 0.0800. The van der Waals surface area contributed by atoms with Gasteiger partial charge >= 0.3 is 0 Å². The van der Waals surface area contributed by atoms with Gasteiger partial charge in [-0.2, -0.15) is 0 Å². The molecule has 0 spiro atoms. The van der Waals surface area contributed by atoms with Gasteiger partial charge in [0.1, 0.15) is 5.65 Å². The van der Waals surface area contributed by atoms with Crippen molar-refractivity contribution in [2.45, 2.75) is 18.9 Å². The highest BCUT2D eigenvalue weighted by Crippen LogP contribution is 2.21. The van der Waals surface area contributed by atoms with Gasteiger partial charge in [0, 0.05) is 31.0 Å². The van der Waals surface area contributed by atoms with E-state index in [9.17, 15) is 4.79 Å². The average molecular weight is 348 g/mol. The number of hydrogen-bond donors (Lipinski definition) is 0. The molecule has 26 heavy (non-hydrogen) atoms. The van der Waals surface area contributed by atoms with Gasteiger partial charge in [-0.3, -0.25) is 4.79 Å². The fourth-order valence-electron chi connectivity index (χ4n) is 3.62. The largest absolute Gasteiger partial charge is 0.339 e. The molecule has 1 aliphatic rings. The van der Waals surface area contributed by atoms with E-state index in [1.165, 1.54) is 0 Å². The molecule has 0 N–H and O–H groups in total. The van der Waals surface area contributed by atoms with E-state index in [4.69, 9.17) is 0 Å². The first-order chi connectivity index (χ1) is 12.6. The molecule has 3 aromatic rings. The molecule has 1 aliphatic heterocycles. The van der Waals surface area contributed by atoms with E-state index in [1.807, 2.05) is 71.2 Å². The molecule has 3 heterocycles. The third kappa shape index (κ3) is 3.22. The molecule has 1 saturated heterocycles. The highest BCUT2D eigenvalue weighted by molar-refractivity contribution is 5.94. The Labute approximate surface area is 153 Å². The van der Waals surface area contributed by atoms with Crippen molar-refractivity contribution in [3.63, 3.8) is 0 Å². The zero-order valence-electron chi connectivity index (χ0n) is 15.3. The van der Waals surface area contributed by atoms with Crippen molar-refractivity contribution in [1.82, 2.24) is 19.2 Å². The fourth-order valence-corrected chi connectivity index (χ4v) is 3.62. The Morgan fingerprint density at radius 2 is 1.81 bits per heavy atom. The van der Waals surface area contributed by atoms with Crippen LogP contribution in [0.15, 0.2) is 54.9 Å². The predicted molar refractivity (Wildman–Crippen MR) is 103 cm³/mol. The van der Waals surface area contributed by atoms with Gasteiger partial charge in [-0.25, -0.2) is 4.98 Å². The molecule has 1 fully saturated rings. The van der Waals surface area contributed by atoms with Crippen molar-refractivity contribution in [3.8, 4) is 11.3 Å². The van der Waals surface area contributed by atoms with Crippen molar-refractivity contribution < 1.29 is 4.79 Å². The molecule has 134 valence electrons. The Hall–Kier alpha value is -2.66. The van der Waals surface area contributed by atoms with Crippen molar-refractivity contribution in [2.24, 2.45) is 0 Å². The summed E-state index contributed by atoms with van der Waals surface area (Å²) in [5, 5.41) is 0. The Morgan fingerprint density at radius 3 is 2.54 bits per heavy atom. The van der Waals surface area contributed by atoms with Crippen LogP contribution in [0.25, 0.3) is 16.9 Å². The molecule has 0 unspecified atom stereocenters. The first kappa shape index (κ1) is 16.8. The summed E-state index contributed by atoms with van der Waals surface area (Å²) in [7, 11) is 4.06. The zero-order valence-corrected chi connectivity index (χ0v) is 15.3. The van der Waals surface area contributed by atoms with E-state index in [-0.39, 0.29) is 5.91 Å². The number of amides is 1. The Balaban J connectivity index is 1.57. The van der Waals surface area contributed by atoms with E-state index < -0.39 is 0 Å².